The fourth-order valence-corrected chi connectivity index (χ4v) is 2.00. The van der Waals surface area contributed by atoms with Crippen LogP contribution in [-0.4, -0.2) is 17.5 Å². The van der Waals surface area contributed by atoms with Crippen LogP contribution in [0, 0.1) is 11.3 Å². The molecule has 0 N–H and O–H groups in total. The summed E-state index contributed by atoms with van der Waals surface area (Å²) < 4.78 is 6.24. The van der Waals surface area contributed by atoms with Crippen LogP contribution in [0.5, 0.6) is 0 Å². The zero-order valence-corrected chi connectivity index (χ0v) is 10.0. The summed E-state index contributed by atoms with van der Waals surface area (Å²) in [4.78, 5) is 2.33. The fraction of sp³-hybridized carbons (Fsp3) is 0.545. The van der Waals surface area contributed by atoms with Crippen LogP contribution in [0.15, 0.2) is 21.2 Å². The van der Waals surface area contributed by atoms with Crippen molar-refractivity contribution in [3.8, 4) is 6.07 Å². The van der Waals surface area contributed by atoms with E-state index in [2.05, 4.69) is 26.9 Å². The Morgan fingerprint density at radius 1 is 1.53 bits per heavy atom. The molecule has 2 rings (SSSR count). The van der Waals surface area contributed by atoms with Gasteiger partial charge in [-0.05, 0) is 40.9 Å². The SMILES string of the molecule is N#CCCN(Cc1ccc(Br)o1)C1CC1. The number of hydrogen-bond acceptors (Lipinski definition) is 3. The Morgan fingerprint density at radius 2 is 2.33 bits per heavy atom. The van der Waals surface area contributed by atoms with Crippen molar-refractivity contribution in [2.75, 3.05) is 6.54 Å². The molecule has 0 spiro atoms. The first-order valence-electron chi connectivity index (χ1n) is 5.15. The zero-order chi connectivity index (χ0) is 10.7. The molecule has 1 aliphatic rings. The van der Waals surface area contributed by atoms with E-state index in [1.807, 2.05) is 12.1 Å². The minimum atomic E-state index is 0.596. The highest BCUT2D eigenvalue weighted by Gasteiger charge is 2.29. The second kappa shape index (κ2) is 4.82. The summed E-state index contributed by atoms with van der Waals surface area (Å²) in [5.41, 5.74) is 0. The molecule has 3 nitrogen and oxygen atoms in total. The minimum Gasteiger partial charge on any atom is -0.453 e. The van der Waals surface area contributed by atoms with E-state index in [-0.39, 0.29) is 0 Å². The molecule has 15 heavy (non-hydrogen) atoms. The van der Waals surface area contributed by atoms with Gasteiger partial charge in [-0.1, -0.05) is 0 Å². The third-order valence-electron chi connectivity index (χ3n) is 2.56. The summed E-state index contributed by atoms with van der Waals surface area (Å²) in [6, 6.07) is 6.74. The van der Waals surface area contributed by atoms with Crippen molar-refractivity contribution in [1.29, 1.82) is 5.26 Å². The molecule has 1 aromatic rings. The Balaban J connectivity index is 1.91. The lowest BCUT2D eigenvalue weighted by atomic mass is 10.3. The van der Waals surface area contributed by atoms with Crippen LogP contribution in [-0.2, 0) is 6.54 Å². The maximum absolute atomic E-state index is 8.58. The molecular formula is C11H13BrN2O. The van der Waals surface area contributed by atoms with Gasteiger partial charge in [-0.15, -0.1) is 0 Å². The molecule has 0 radical (unpaired) electrons. The molecule has 0 atom stereocenters. The molecule has 1 saturated carbocycles. The minimum absolute atomic E-state index is 0.596. The highest BCUT2D eigenvalue weighted by molar-refractivity contribution is 9.10. The molecule has 4 heteroatoms. The van der Waals surface area contributed by atoms with E-state index >= 15 is 0 Å². The van der Waals surface area contributed by atoms with Crippen LogP contribution in [0.25, 0.3) is 0 Å². The van der Waals surface area contributed by atoms with Gasteiger partial charge < -0.3 is 4.42 Å². The zero-order valence-electron chi connectivity index (χ0n) is 8.45. The van der Waals surface area contributed by atoms with Gasteiger partial charge >= 0.3 is 0 Å². The average Bonchev–Trinajstić information content (AvgIpc) is 2.98. The van der Waals surface area contributed by atoms with Gasteiger partial charge in [0.1, 0.15) is 5.76 Å². The lowest BCUT2D eigenvalue weighted by Crippen LogP contribution is -2.26. The summed E-state index contributed by atoms with van der Waals surface area (Å²) in [6.45, 7) is 1.66. The van der Waals surface area contributed by atoms with Crippen molar-refractivity contribution < 1.29 is 4.42 Å². The average molecular weight is 269 g/mol. The van der Waals surface area contributed by atoms with Crippen molar-refractivity contribution >= 4 is 15.9 Å². The number of rotatable bonds is 5. The van der Waals surface area contributed by atoms with Crippen molar-refractivity contribution in [2.24, 2.45) is 0 Å². The maximum Gasteiger partial charge on any atom is 0.169 e. The Labute approximate surface area is 97.8 Å². The third-order valence-corrected chi connectivity index (χ3v) is 2.99. The second-order valence-electron chi connectivity index (χ2n) is 3.82. The molecule has 1 fully saturated rings. The van der Waals surface area contributed by atoms with Gasteiger partial charge in [-0.2, -0.15) is 5.26 Å². The molecule has 0 aromatic carbocycles. The maximum atomic E-state index is 8.58. The first kappa shape index (κ1) is 10.7. The Kier molecular flexibility index (Phi) is 3.45. The molecular weight excluding hydrogens is 256 g/mol. The van der Waals surface area contributed by atoms with Gasteiger partial charge in [0.15, 0.2) is 4.67 Å². The molecule has 80 valence electrons. The lowest BCUT2D eigenvalue weighted by Gasteiger charge is -2.18. The monoisotopic (exact) mass is 268 g/mol. The van der Waals surface area contributed by atoms with Crippen LogP contribution >= 0.6 is 15.9 Å². The van der Waals surface area contributed by atoms with Crippen LogP contribution in [0.2, 0.25) is 0 Å². The summed E-state index contributed by atoms with van der Waals surface area (Å²) in [7, 11) is 0. The normalized spacial score (nSPS) is 15.5. The van der Waals surface area contributed by atoms with Gasteiger partial charge in [0.25, 0.3) is 0 Å². The number of nitriles is 1. The highest BCUT2D eigenvalue weighted by atomic mass is 79.9. The van der Waals surface area contributed by atoms with Gasteiger partial charge in [0.05, 0.1) is 12.6 Å². The van der Waals surface area contributed by atoms with Crippen molar-refractivity contribution in [1.82, 2.24) is 4.90 Å². The fourth-order valence-electron chi connectivity index (χ4n) is 1.66. The van der Waals surface area contributed by atoms with E-state index in [4.69, 9.17) is 9.68 Å². The summed E-state index contributed by atoms with van der Waals surface area (Å²) in [6.07, 6.45) is 3.11. The van der Waals surface area contributed by atoms with E-state index in [0.29, 0.717) is 12.5 Å². The number of hydrogen-bond donors (Lipinski definition) is 0. The molecule has 1 aliphatic carbocycles. The molecule has 0 saturated heterocycles. The van der Waals surface area contributed by atoms with Gasteiger partial charge in [0.2, 0.25) is 0 Å². The summed E-state index contributed by atoms with van der Waals surface area (Å²) in [5, 5.41) is 8.58. The van der Waals surface area contributed by atoms with Crippen LogP contribution in [0.3, 0.4) is 0 Å². The first-order valence-corrected chi connectivity index (χ1v) is 5.94. The Hall–Kier alpha value is -0.790. The number of halogens is 1. The molecule has 0 amide bonds. The lowest BCUT2D eigenvalue weighted by molar-refractivity contribution is 0.237. The molecule has 0 aliphatic heterocycles. The smallest absolute Gasteiger partial charge is 0.169 e. The quantitative estimate of drug-likeness (QED) is 0.825. The van der Waals surface area contributed by atoms with Gasteiger partial charge in [-0.3, -0.25) is 4.90 Å². The molecule has 0 unspecified atom stereocenters. The second-order valence-corrected chi connectivity index (χ2v) is 4.60. The van der Waals surface area contributed by atoms with E-state index in [9.17, 15) is 0 Å². The largest absolute Gasteiger partial charge is 0.453 e. The topological polar surface area (TPSA) is 40.2 Å². The summed E-state index contributed by atoms with van der Waals surface area (Å²) in [5.74, 6) is 0.965. The molecule has 1 heterocycles. The van der Waals surface area contributed by atoms with E-state index < -0.39 is 0 Å². The van der Waals surface area contributed by atoms with Crippen molar-refractivity contribution in [3.05, 3.63) is 22.6 Å². The Morgan fingerprint density at radius 3 is 2.87 bits per heavy atom. The Bertz CT molecular complexity index is 365. The summed E-state index contributed by atoms with van der Waals surface area (Å²) >= 11 is 3.29. The van der Waals surface area contributed by atoms with Crippen LogP contribution in [0.1, 0.15) is 25.0 Å². The number of nitrogens with zero attached hydrogens (tertiary/aromatic N) is 2. The molecule has 1 aromatic heterocycles. The third kappa shape index (κ3) is 3.08. The van der Waals surface area contributed by atoms with E-state index in [1.54, 1.807) is 0 Å². The van der Waals surface area contributed by atoms with Crippen molar-refractivity contribution in [2.45, 2.75) is 31.8 Å². The predicted octanol–water partition coefficient (Wildman–Crippen LogP) is 2.92. The standard InChI is InChI=1S/C11H13BrN2O/c12-11-5-4-10(15-11)8-14(7-1-6-13)9-2-3-9/h4-5,9H,1-3,7-8H2. The van der Waals surface area contributed by atoms with Crippen molar-refractivity contribution in [3.63, 3.8) is 0 Å². The van der Waals surface area contributed by atoms with Crippen LogP contribution < -0.4 is 0 Å². The van der Waals surface area contributed by atoms with E-state index in [0.717, 1.165) is 23.5 Å². The van der Waals surface area contributed by atoms with E-state index in [1.165, 1.54) is 12.8 Å². The molecule has 0 bridgehead atoms. The van der Waals surface area contributed by atoms with Gasteiger partial charge in [-0.25, -0.2) is 0 Å². The number of furan rings is 1. The van der Waals surface area contributed by atoms with Gasteiger partial charge in [0, 0.05) is 19.0 Å². The van der Waals surface area contributed by atoms with Crippen LogP contribution in [0.4, 0.5) is 0 Å². The highest BCUT2D eigenvalue weighted by Crippen LogP contribution is 2.29. The first-order chi connectivity index (χ1) is 7.29. The predicted molar refractivity (Wildman–Crippen MR) is 60.1 cm³/mol.